The van der Waals surface area contributed by atoms with Crippen LogP contribution < -0.4 is 4.90 Å². The summed E-state index contributed by atoms with van der Waals surface area (Å²) in [6.07, 6.45) is 7.92. The van der Waals surface area contributed by atoms with Crippen LogP contribution in [0, 0.1) is 0 Å². The molecule has 0 radical (unpaired) electrons. The third-order valence-corrected chi connectivity index (χ3v) is 10.6. The largest absolute Gasteiger partial charge is 0.507 e. The second-order valence-electron chi connectivity index (χ2n) is 12.0. The van der Waals surface area contributed by atoms with Gasteiger partial charge in [0.2, 0.25) is 27.8 Å². The van der Waals surface area contributed by atoms with Crippen molar-refractivity contribution in [2.24, 2.45) is 0 Å². The molecule has 2 atom stereocenters. The molecular weight excluding hydrogens is 674 g/mol. The third-order valence-electron chi connectivity index (χ3n) is 8.82. The van der Waals surface area contributed by atoms with Gasteiger partial charge in [0.1, 0.15) is 5.75 Å². The van der Waals surface area contributed by atoms with E-state index in [1.165, 1.54) is 22.5 Å². The molecular formula is C33H38ClN7O7S. The Balaban J connectivity index is 1.35. The van der Waals surface area contributed by atoms with Gasteiger partial charge in [0.25, 0.3) is 0 Å². The van der Waals surface area contributed by atoms with E-state index in [0.29, 0.717) is 57.6 Å². The monoisotopic (exact) mass is 711 g/mol. The minimum Gasteiger partial charge on any atom is -0.507 e. The van der Waals surface area contributed by atoms with Gasteiger partial charge in [-0.1, -0.05) is 11.6 Å². The van der Waals surface area contributed by atoms with E-state index in [1.54, 1.807) is 40.7 Å². The van der Waals surface area contributed by atoms with Gasteiger partial charge in [-0.25, -0.2) is 18.4 Å². The number of carbonyl (C=O) groups excluding carboxylic acids is 2. The predicted molar refractivity (Wildman–Crippen MR) is 182 cm³/mol. The molecule has 1 aromatic carbocycles. The number of halogens is 1. The Morgan fingerprint density at radius 1 is 0.857 bits per heavy atom. The number of piperazine rings is 1. The fraction of sp³-hybridized carbons (Fsp3) is 0.424. The number of hydrogen-bond donors (Lipinski definition) is 1. The first-order valence-corrected chi connectivity index (χ1v) is 17.9. The fourth-order valence-electron chi connectivity index (χ4n) is 6.22. The first-order chi connectivity index (χ1) is 23.7. The van der Waals surface area contributed by atoms with Crippen LogP contribution in [0.1, 0.15) is 18.4 Å². The molecule has 2 unspecified atom stereocenters. The number of aromatic nitrogens is 3. The van der Waals surface area contributed by atoms with Gasteiger partial charge in [-0.05, 0) is 42.0 Å². The third kappa shape index (κ3) is 8.54. The minimum absolute atomic E-state index is 0.0363. The summed E-state index contributed by atoms with van der Waals surface area (Å²) in [6, 6.07) is 6.66. The van der Waals surface area contributed by atoms with Gasteiger partial charge in [0.15, 0.2) is 0 Å². The number of phenolic OH excluding ortho intramolecular Hbond substituents is 1. The lowest BCUT2D eigenvalue weighted by Crippen LogP contribution is -2.62. The number of nitrogens with zero attached hydrogens (tertiary/aromatic N) is 7. The van der Waals surface area contributed by atoms with E-state index in [0.717, 1.165) is 16.5 Å². The van der Waals surface area contributed by atoms with Crippen molar-refractivity contribution in [3.63, 3.8) is 0 Å². The highest BCUT2D eigenvalue weighted by molar-refractivity contribution is 7.92. The summed E-state index contributed by atoms with van der Waals surface area (Å²) in [6.45, 7) is 3.25. The number of amides is 2. The molecule has 3 aromatic rings. The zero-order valence-electron chi connectivity index (χ0n) is 26.8. The van der Waals surface area contributed by atoms with Crippen LogP contribution in [-0.4, -0.2) is 132 Å². The summed E-state index contributed by atoms with van der Waals surface area (Å²) in [4.78, 5) is 46.0. The second-order valence-corrected chi connectivity index (χ2v) is 14.2. The van der Waals surface area contributed by atoms with Gasteiger partial charge < -0.3 is 29.3 Å². The molecule has 3 fully saturated rings. The number of ether oxygens (including phenoxy) is 2. The standard InChI is InChI=1S/C33H38ClN7O7S/c34-27-2-1-25(30(42)17-27)5-16-49(45,46)40-22-28(18-31(43)38-8-12-47-13-9-38)41(29(23-40)19-32(44)39-10-14-48-15-11-39)33-36-20-26(21-37-33)24-3-6-35-7-4-24/h1-7,16-17,20-21,28-29,42H,8-15,18-19,22-23H2/b16-5+. The van der Waals surface area contributed by atoms with Crippen molar-refractivity contribution in [2.75, 3.05) is 70.6 Å². The van der Waals surface area contributed by atoms with Crippen LogP contribution in [0.4, 0.5) is 5.95 Å². The Bertz CT molecular complexity index is 1710. The van der Waals surface area contributed by atoms with Gasteiger partial charge in [-0.15, -0.1) is 0 Å². The molecule has 3 saturated heterocycles. The Labute approximate surface area is 290 Å². The molecule has 16 heteroatoms. The van der Waals surface area contributed by atoms with Crippen molar-refractivity contribution >= 4 is 45.5 Å². The van der Waals surface area contributed by atoms with Crippen LogP contribution in [0.25, 0.3) is 17.2 Å². The van der Waals surface area contributed by atoms with Gasteiger partial charge >= 0.3 is 0 Å². The topological polar surface area (TPSA) is 159 Å². The summed E-state index contributed by atoms with van der Waals surface area (Å²) < 4.78 is 40.0. The van der Waals surface area contributed by atoms with E-state index in [4.69, 9.17) is 21.1 Å². The van der Waals surface area contributed by atoms with Crippen LogP contribution >= 0.6 is 11.6 Å². The molecule has 6 rings (SSSR count). The maximum atomic E-state index is 13.9. The normalized spacial score (nSPS) is 20.9. The first kappa shape index (κ1) is 34.7. The molecule has 49 heavy (non-hydrogen) atoms. The molecule has 2 amide bonds. The molecule has 3 aliphatic rings. The second kappa shape index (κ2) is 15.6. The predicted octanol–water partition coefficient (Wildman–Crippen LogP) is 2.26. The number of benzene rings is 1. The van der Waals surface area contributed by atoms with Crippen LogP contribution in [0.5, 0.6) is 5.75 Å². The van der Waals surface area contributed by atoms with E-state index < -0.39 is 22.1 Å². The lowest BCUT2D eigenvalue weighted by Gasteiger charge is -2.46. The van der Waals surface area contributed by atoms with Crippen LogP contribution in [0.2, 0.25) is 5.02 Å². The van der Waals surface area contributed by atoms with E-state index in [9.17, 15) is 23.1 Å². The molecule has 0 spiro atoms. The van der Waals surface area contributed by atoms with Gasteiger partial charge in [-0.2, -0.15) is 4.31 Å². The van der Waals surface area contributed by atoms with Crippen LogP contribution in [0.3, 0.4) is 0 Å². The van der Waals surface area contributed by atoms with Gasteiger partial charge in [0.05, 0.1) is 38.5 Å². The highest BCUT2D eigenvalue weighted by Crippen LogP contribution is 2.30. The van der Waals surface area contributed by atoms with Crippen molar-refractivity contribution in [3.8, 4) is 16.9 Å². The maximum absolute atomic E-state index is 13.9. The Morgan fingerprint density at radius 3 is 1.94 bits per heavy atom. The van der Waals surface area contributed by atoms with Crippen molar-refractivity contribution in [1.82, 2.24) is 29.1 Å². The molecule has 1 N–H and O–H groups in total. The number of morpholine rings is 2. The Kier molecular flexibility index (Phi) is 11.0. The quantitative estimate of drug-likeness (QED) is 0.347. The Hall–Kier alpha value is -4.15. The number of aromatic hydroxyl groups is 1. The van der Waals surface area contributed by atoms with Crippen molar-refractivity contribution < 1.29 is 32.6 Å². The zero-order chi connectivity index (χ0) is 34.4. The number of rotatable bonds is 9. The summed E-state index contributed by atoms with van der Waals surface area (Å²) in [7, 11) is -4.10. The molecule has 0 bridgehead atoms. The van der Waals surface area contributed by atoms with Gasteiger partial charge in [0, 0.05) is 98.5 Å². The Morgan fingerprint density at radius 2 is 1.41 bits per heavy atom. The lowest BCUT2D eigenvalue weighted by molar-refractivity contribution is -0.136. The number of phenols is 1. The smallest absolute Gasteiger partial charge is 0.236 e. The molecule has 0 saturated carbocycles. The summed E-state index contributed by atoms with van der Waals surface area (Å²) in [5, 5.41) is 11.6. The molecule has 0 aliphatic carbocycles. The average molecular weight is 712 g/mol. The highest BCUT2D eigenvalue weighted by atomic mass is 35.5. The van der Waals surface area contributed by atoms with Crippen molar-refractivity contribution in [1.29, 1.82) is 0 Å². The maximum Gasteiger partial charge on any atom is 0.236 e. The number of anilines is 1. The van der Waals surface area contributed by atoms with E-state index in [1.807, 2.05) is 17.0 Å². The highest BCUT2D eigenvalue weighted by Gasteiger charge is 2.42. The first-order valence-electron chi connectivity index (χ1n) is 16.1. The van der Waals surface area contributed by atoms with E-state index in [-0.39, 0.29) is 55.0 Å². The minimum atomic E-state index is -4.10. The zero-order valence-corrected chi connectivity index (χ0v) is 28.4. The summed E-state index contributed by atoms with van der Waals surface area (Å²) in [5.41, 5.74) is 1.89. The molecule has 2 aromatic heterocycles. The summed E-state index contributed by atoms with van der Waals surface area (Å²) >= 11 is 5.96. The van der Waals surface area contributed by atoms with Crippen LogP contribution in [-0.2, 0) is 29.1 Å². The summed E-state index contributed by atoms with van der Waals surface area (Å²) in [5.74, 6) is -0.202. The molecule has 3 aliphatic heterocycles. The van der Waals surface area contributed by atoms with Crippen molar-refractivity contribution in [2.45, 2.75) is 24.9 Å². The lowest BCUT2D eigenvalue weighted by atomic mass is 10.0. The molecule has 5 heterocycles. The molecule has 14 nitrogen and oxygen atoms in total. The van der Waals surface area contributed by atoms with Crippen LogP contribution in [0.15, 0.2) is 60.5 Å². The molecule has 260 valence electrons. The number of carbonyl (C=O) groups is 2. The van der Waals surface area contributed by atoms with Crippen molar-refractivity contribution in [3.05, 3.63) is 71.1 Å². The average Bonchev–Trinajstić information content (AvgIpc) is 3.12. The van der Waals surface area contributed by atoms with Gasteiger partial charge in [-0.3, -0.25) is 14.6 Å². The van der Waals surface area contributed by atoms with E-state index >= 15 is 0 Å². The van der Waals surface area contributed by atoms with E-state index in [2.05, 4.69) is 15.0 Å². The number of pyridine rings is 1. The number of hydrogen-bond acceptors (Lipinski definition) is 11. The number of sulfonamides is 1. The fourth-order valence-corrected chi connectivity index (χ4v) is 7.63. The SMILES string of the molecule is O=C(CC1CN(S(=O)(=O)/C=C/c2ccc(Cl)cc2O)CC(CC(=O)N2CCOCC2)N1c1ncc(-c2ccncc2)cn1)N1CCOCC1.